The zero-order valence-corrected chi connectivity index (χ0v) is 12.4. The number of hydrogen-bond donors (Lipinski definition) is 2. The number of rotatable bonds is 9. The highest BCUT2D eigenvalue weighted by Crippen LogP contribution is 2.23. The lowest BCUT2D eigenvalue weighted by Crippen LogP contribution is -2.20. The molecule has 7 nitrogen and oxygen atoms in total. The van der Waals surface area contributed by atoms with E-state index in [1.807, 2.05) is 18.4 Å². The van der Waals surface area contributed by atoms with E-state index in [-0.39, 0.29) is 12.6 Å². The van der Waals surface area contributed by atoms with E-state index < -0.39 is 6.10 Å². The van der Waals surface area contributed by atoms with Crippen LogP contribution in [0.5, 0.6) is 0 Å². The van der Waals surface area contributed by atoms with E-state index in [0.29, 0.717) is 30.1 Å². The maximum Gasteiger partial charge on any atom is 0.222 e. The molecule has 1 aromatic heterocycles. The molecule has 1 aromatic rings. The standard InChI is InChI=1S/C11H22N4O3S/c1-8(2)15-10(12)13-14-11(15)19-7-9(16)6-18-5-4-17-3/h8-9,16H,4-7H2,1-3H3,(H2,12,13). The van der Waals surface area contributed by atoms with Crippen molar-refractivity contribution in [1.29, 1.82) is 0 Å². The molecule has 0 spiro atoms. The summed E-state index contributed by atoms with van der Waals surface area (Å²) in [7, 11) is 1.61. The average Bonchev–Trinajstić information content (AvgIpc) is 2.73. The number of methoxy groups -OCH3 is 1. The molecule has 0 amide bonds. The maximum absolute atomic E-state index is 9.77. The Balaban J connectivity index is 2.36. The molecule has 0 bridgehead atoms. The molecule has 0 aromatic carbocycles. The molecule has 19 heavy (non-hydrogen) atoms. The maximum atomic E-state index is 9.77. The van der Waals surface area contributed by atoms with Gasteiger partial charge in [-0.3, -0.25) is 4.57 Å². The van der Waals surface area contributed by atoms with Crippen molar-refractivity contribution in [2.24, 2.45) is 0 Å². The number of thioether (sulfide) groups is 1. The van der Waals surface area contributed by atoms with Crippen molar-refractivity contribution >= 4 is 17.7 Å². The van der Waals surface area contributed by atoms with Crippen LogP contribution in [-0.2, 0) is 9.47 Å². The summed E-state index contributed by atoms with van der Waals surface area (Å²) in [4.78, 5) is 0. The molecule has 1 unspecified atom stereocenters. The second-order valence-corrected chi connectivity index (χ2v) is 5.32. The first-order valence-corrected chi connectivity index (χ1v) is 7.12. The first kappa shape index (κ1) is 16.2. The summed E-state index contributed by atoms with van der Waals surface area (Å²) in [6, 6.07) is 0.188. The zero-order chi connectivity index (χ0) is 14.3. The third kappa shape index (κ3) is 5.35. The molecule has 0 radical (unpaired) electrons. The number of ether oxygens (including phenoxy) is 2. The van der Waals surface area contributed by atoms with E-state index in [4.69, 9.17) is 15.2 Å². The molecule has 8 heteroatoms. The lowest BCUT2D eigenvalue weighted by Gasteiger charge is -2.13. The normalized spacial score (nSPS) is 13.1. The van der Waals surface area contributed by atoms with Crippen molar-refractivity contribution in [3.05, 3.63) is 0 Å². The Morgan fingerprint density at radius 1 is 1.37 bits per heavy atom. The van der Waals surface area contributed by atoms with Crippen molar-refractivity contribution in [1.82, 2.24) is 14.8 Å². The Morgan fingerprint density at radius 2 is 2.11 bits per heavy atom. The Bertz CT molecular complexity index is 373. The zero-order valence-electron chi connectivity index (χ0n) is 11.6. The Labute approximate surface area is 117 Å². The van der Waals surface area contributed by atoms with E-state index in [2.05, 4.69) is 10.2 Å². The summed E-state index contributed by atoms with van der Waals surface area (Å²) in [6.07, 6.45) is -0.555. The predicted octanol–water partition coefficient (Wildman–Crippen LogP) is 0.557. The lowest BCUT2D eigenvalue weighted by molar-refractivity contribution is 0.0218. The first-order valence-electron chi connectivity index (χ1n) is 6.14. The Morgan fingerprint density at radius 3 is 2.74 bits per heavy atom. The van der Waals surface area contributed by atoms with Gasteiger partial charge in [0.25, 0.3) is 0 Å². The third-order valence-corrected chi connectivity index (χ3v) is 3.44. The molecule has 0 fully saturated rings. The van der Waals surface area contributed by atoms with Gasteiger partial charge in [0.05, 0.1) is 25.9 Å². The summed E-state index contributed by atoms with van der Waals surface area (Å²) in [6.45, 7) is 5.30. The van der Waals surface area contributed by atoms with Crippen LogP contribution in [0.15, 0.2) is 5.16 Å². The van der Waals surface area contributed by atoms with E-state index in [0.717, 1.165) is 0 Å². The SMILES string of the molecule is COCCOCC(O)CSc1nnc(N)n1C(C)C. The van der Waals surface area contributed by atoms with Gasteiger partial charge in [0, 0.05) is 18.9 Å². The van der Waals surface area contributed by atoms with Crippen LogP contribution in [0.1, 0.15) is 19.9 Å². The smallest absolute Gasteiger partial charge is 0.222 e. The molecule has 0 aliphatic carbocycles. The van der Waals surface area contributed by atoms with Gasteiger partial charge in [0.1, 0.15) is 0 Å². The van der Waals surface area contributed by atoms with Crippen molar-refractivity contribution < 1.29 is 14.6 Å². The van der Waals surface area contributed by atoms with Crippen LogP contribution in [-0.4, -0.2) is 58.7 Å². The largest absolute Gasteiger partial charge is 0.390 e. The van der Waals surface area contributed by atoms with Gasteiger partial charge in [-0.1, -0.05) is 11.8 Å². The van der Waals surface area contributed by atoms with Crippen molar-refractivity contribution in [2.75, 3.05) is 38.4 Å². The van der Waals surface area contributed by atoms with Gasteiger partial charge in [-0.2, -0.15) is 0 Å². The molecule has 1 heterocycles. The van der Waals surface area contributed by atoms with Crippen LogP contribution >= 0.6 is 11.8 Å². The highest BCUT2D eigenvalue weighted by atomic mass is 32.2. The van der Waals surface area contributed by atoms with Crippen molar-refractivity contribution in [3.63, 3.8) is 0 Å². The van der Waals surface area contributed by atoms with Crippen LogP contribution in [0.25, 0.3) is 0 Å². The topological polar surface area (TPSA) is 95.4 Å². The fourth-order valence-electron chi connectivity index (χ4n) is 1.45. The number of anilines is 1. The van der Waals surface area contributed by atoms with E-state index in [9.17, 15) is 5.11 Å². The van der Waals surface area contributed by atoms with Gasteiger partial charge in [-0.25, -0.2) is 0 Å². The number of aliphatic hydroxyl groups excluding tert-OH is 1. The van der Waals surface area contributed by atoms with Crippen LogP contribution in [0.4, 0.5) is 5.95 Å². The van der Waals surface area contributed by atoms with Crippen LogP contribution in [0.2, 0.25) is 0 Å². The molecule has 3 N–H and O–H groups in total. The minimum atomic E-state index is -0.555. The summed E-state index contributed by atoms with van der Waals surface area (Å²) >= 11 is 1.42. The van der Waals surface area contributed by atoms with Gasteiger partial charge < -0.3 is 20.3 Å². The summed E-state index contributed by atoms with van der Waals surface area (Å²) in [5.41, 5.74) is 5.74. The second kappa shape index (κ2) is 8.36. The summed E-state index contributed by atoms with van der Waals surface area (Å²) in [5.74, 6) is 0.876. The van der Waals surface area contributed by atoms with Crippen LogP contribution < -0.4 is 5.73 Å². The highest BCUT2D eigenvalue weighted by molar-refractivity contribution is 7.99. The van der Waals surface area contributed by atoms with Gasteiger partial charge in [0.15, 0.2) is 5.16 Å². The number of aromatic nitrogens is 3. The minimum absolute atomic E-state index is 0.188. The van der Waals surface area contributed by atoms with Crippen molar-refractivity contribution in [3.8, 4) is 0 Å². The molecule has 1 atom stereocenters. The monoisotopic (exact) mass is 290 g/mol. The predicted molar refractivity (Wildman–Crippen MR) is 74.2 cm³/mol. The molecule has 0 saturated carbocycles. The number of nitrogen functional groups attached to an aromatic ring is 1. The molecule has 0 saturated heterocycles. The number of aliphatic hydroxyl groups is 1. The third-order valence-electron chi connectivity index (χ3n) is 2.35. The van der Waals surface area contributed by atoms with Gasteiger partial charge in [0.2, 0.25) is 5.95 Å². The number of hydrogen-bond acceptors (Lipinski definition) is 7. The Hall–Kier alpha value is -0.830. The molecular formula is C11H22N4O3S. The number of nitrogens with two attached hydrogens (primary N) is 1. The molecule has 110 valence electrons. The Kier molecular flexibility index (Phi) is 7.14. The van der Waals surface area contributed by atoms with E-state index >= 15 is 0 Å². The van der Waals surface area contributed by atoms with E-state index in [1.165, 1.54) is 11.8 Å². The van der Waals surface area contributed by atoms with Gasteiger partial charge in [-0.05, 0) is 13.8 Å². The molecule has 0 aliphatic heterocycles. The quantitative estimate of drug-likeness (QED) is 0.506. The fraction of sp³-hybridized carbons (Fsp3) is 0.818. The van der Waals surface area contributed by atoms with Crippen molar-refractivity contribution in [2.45, 2.75) is 31.1 Å². The molecule has 1 rings (SSSR count). The summed E-state index contributed by atoms with van der Waals surface area (Å²) < 4.78 is 11.9. The first-order chi connectivity index (χ1) is 9.06. The molecule has 0 aliphatic rings. The average molecular weight is 290 g/mol. The lowest BCUT2D eigenvalue weighted by atomic mass is 10.4. The molecular weight excluding hydrogens is 268 g/mol. The van der Waals surface area contributed by atoms with E-state index in [1.54, 1.807) is 7.11 Å². The number of nitrogens with zero attached hydrogens (tertiary/aromatic N) is 3. The van der Waals surface area contributed by atoms with Gasteiger partial charge in [-0.15, -0.1) is 10.2 Å². The van der Waals surface area contributed by atoms with Crippen LogP contribution in [0, 0.1) is 0 Å². The van der Waals surface area contributed by atoms with Gasteiger partial charge >= 0.3 is 0 Å². The highest BCUT2D eigenvalue weighted by Gasteiger charge is 2.14. The fourth-order valence-corrected chi connectivity index (χ4v) is 2.43. The minimum Gasteiger partial charge on any atom is -0.390 e. The van der Waals surface area contributed by atoms with Crippen LogP contribution in [0.3, 0.4) is 0 Å². The second-order valence-electron chi connectivity index (χ2n) is 4.34. The summed E-state index contributed by atoms with van der Waals surface area (Å²) in [5, 5.41) is 18.3.